The summed E-state index contributed by atoms with van der Waals surface area (Å²) in [6.07, 6.45) is 0. The van der Waals surface area contributed by atoms with E-state index in [0.29, 0.717) is 10.9 Å². The monoisotopic (exact) mass is 234 g/mol. The van der Waals surface area contributed by atoms with Gasteiger partial charge in [-0.15, -0.1) is 0 Å². The average Bonchev–Trinajstić information content (AvgIpc) is 2.27. The van der Waals surface area contributed by atoms with Crippen LogP contribution in [0.15, 0.2) is 27.4 Å². The fraction of sp³-hybridized carbons (Fsp3) is 0.167. The highest BCUT2D eigenvalue weighted by molar-refractivity contribution is 6.05. The molecule has 5 nitrogen and oxygen atoms in total. The molecule has 1 N–H and O–H groups in total. The summed E-state index contributed by atoms with van der Waals surface area (Å²) in [6, 6.07) is 4.26. The van der Waals surface area contributed by atoms with Gasteiger partial charge >= 0.3 is 11.6 Å². The van der Waals surface area contributed by atoms with Crippen LogP contribution in [0, 0.1) is 6.92 Å². The van der Waals surface area contributed by atoms with E-state index >= 15 is 0 Å². The van der Waals surface area contributed by atoms with Gasteiger partial charge in [0.25, 0.3) is 0 Å². The van der Waals surface area contributed by atoms with Crippen LogP contribution in [0.1, 0.15) is 15.9 Å². The van der Waals surface area contributed by atoms with Crippen molar-refractivity contribution >= 4 is 16.9 Å². The lowest BCUT2D eigenvalue weighted by molar-refractivity contribution is 0.0598. The Morgan fingerprint density at radius 3 is 2.76 bits per heavy atom. The van der Waals surface area contributed by atoms with E-state index in [0.717, 1.165) is 0 Å². The molecule has 5 heteroatoms. The van der Waals surface area contributed by atoms with Crippen LogP contribution in [-0.4, -0.2) is 18.2 Å². The Kier molecular flexibility index (Phi) is 2.59. The molecule has 2 rings (SSSR count). The second kappa shape index (κ2) is 3.93. The second-order valence-corrected chi connectivity index (χ2v) is 3.58. The SMILES string of the molecule is COC(=O)c1c(O)ccc2c(C)cc(=O)oc12. The quantitative estimate of drug-likeness (QED) is 0.599. The highest BCUT2D eigenvalue weighted by atomic mass is 16.5. The Bertz CT molecular complexity index is 654. The summed E-state index contributed by atoms with van der Waals surface area (Å²) in [5.41, 5.74) is -0.000180. The molecule has 0 fully saturated rings. The molecule has 0 aliphatic heterocycles. The van der Waals surface area contributed by atoms with E-state index in [4.69, 9.17) is 4.42 Å². The van der Waals surface area contributed by atoms with Gasteiger partial charge in [-0.1, -0.05) is 0 Å². The van der Waals surface area contributed by atoms with Gasteiger partial charge in [-0.3, -0.25) is 0 Å². The van der Waals surface area contributed by atoms with Gasteiger partial charge in [-0.25, -0.2) is 9.59 Å². The van der Waals surface area contributed by atoms with E-state index in [1.165, 1.54) is 19.2 Å². The fourth-order valence-corrected chi connectivity index (χ4v) is 1.67. The molecule has 1 aromatic heterocycles. The molecule has 0 bridgehead atoms. The number of hydrogen-bond acceptors (Lipinski definition) is 5. The van der Waals surface area contributed by atoms with Gasteiger partial charge < -0.3 is 14.3 Å². The molecule has 0 atom stereocenters. The van der Waals surface area contributed by atoms with Crippen LogP contribution in [-0.2, 0) is 4.74 Å². The molecule has 0 amide bonds. The molecule has 1 heterocycles. The number of aryl methyl sites for hydroxylation is 1. The topological polar surface area (TPSA) is 76.7 Å². The maximum Gasteiger partial charge on any atom is 0.345 e. The first-order valence-electron chi connectivity index (χ1n) is 4.89. The first kappa shape index (κ1) is 11.2. The lowest BCUT2D eigenvalue weighted by Crippen LogP contribution is -2.06. The molecule has 0 radical (unpaired) electrons. The van der Waals surface area contributed by atoms with Crippen molar-refractivity contribution in [3.05, 3.63) is 39.7 Å². The zero-order valence-corrected chi connectivity index (χ0v) is 9.31. The van der Waals surface area contributed by atoms with Gasteiger partial charge in [0, 0.05) is 11.5 Å². The molecular formula is C12H10O5. The van der Waals surface area contributed by atoms with Crippen molar-refractivity contribution in [2.75, 3.05) is 7.11 Å². The number of carbonyl (C=O) groups excluding carboxylic acids is 1. The number of phenols is 1. The summed E-state index contributed by atoms with van der Waals surface area (Å²) < 4.78 is 9.50. The summed E-state index contributed by atoms with van der Waals surface area (Å²) in [5, 5.41) is 10.2. The zero-order valence-electron chi connectivity index (χ0n) is 9.31. The van der Waals surface area contributed by atoms with Crippen LogP contribution in [0.3, 0.4) is 0 Å². The van der Waals surface area contributed by atoms with Crippen molar-refractivity contribution in [1.82, 2.24) is 0 Å². The molecule has 0 aliphatic rings. The number of carbonyl (C=O) groups is 1. The summed E-state index contributed by atoms with van der Waals surface area (Å²) in [7, 11) is 1.19. The summed E-state index contributed by atoms with van der Waals surface area (Å²) in [5.74, 6) is -1.03. The summed E-state index contributed by atoms with van der Waals surface area (Å²) in [4.78, 5) is 22.8. The van der Waals surface area contributed by atoms with Gasteiger partial charge in [0.15, 0.2) is 5.58 Å². The van der Waals surface area contributed by atoms with Crippen molar-refractivity contribution in [3.8, 4) is 5.75 Å². The maximum atomic E-state index is 11.5. The number of methoxy groups -OCH3 is 1. The Morgan fingerprint density at radius 2 is 2.12 bits per heavy atom. The van der Waals surface area contributed by atoms with E-state index in [9.17, 15) is 14.7 Å². The number of rotatable bonds is 1. The number of phenolic OH excluding ortho intramolecular Hbond substituents is 1. The minimum atomic E-state index is -0.748. The van der Waals surface area contributed by atoms with Crippen LogP contribution >= 0.6 is 0 Å². The second-order valence-electron chi connectivity index (χ2n) is 3.58. The largest absolute Gasteiger partial charge is 0.507 e. The number of hydrogen-bond donors (Lipinski definition) is 1. The number of esters is 1. The molecule has 0 unspecified atom stereocenters. The average molecular weight is 234 g/mol. The fourth-order valence-electron chi connectivity index (χ4n) is 1.67. The smallest absolute Gasteiger partial charge is 0.345 e. The van der Waals surface area contributed by atoms with Gasteiger partial charge in [0.1, 0.15) is 11.3 Å². The minimum Gasteiger partial charge on any atom is -0.507 e. The highest BCUT2D eigenvalue weighted by Crippen LogP contribution is 2.28. The lowest BCUT2D eigenvalue weighted by Gasteiger charge is -2.06. The third-order valence-electron chi connectivity index (χ3n) is 2.49. The first-order valence-corrected chi connectivity index (χ1v) is 4.89. The van der Waals surface area contributed by atoms with Crippen LogP contribution in [0.2, 0.25) is 0 Å². The van der Waals surface area contributed by atoms with Gasteiger partial charge in [0.2, 0.25) is 0 Å². The minimum absolute atomic E-state index is 0.0434. The maximum absolute atomic E-state index is 11.5. The summed E-state index contributed by atoms with van der Waals surface area (Å²) in [6.45, 7) is 1.72. The Morgan fingerprint density at radius 1 is 1.41 bits per heavy atom. The van der Waals surface area contributed by atoms with Crippen LogP contribution in [0.5, 0.6) is 5.75 Å². The number of benzene rings is 1. The van der Waals surface area contributed by atoms with Crippen molar-refractivity contribution in [3.63, 3.8) is 0 Å². The van der Waals surface area contributed by atoms with Crippen molar-refractivity contribution in [2.45, 2.75) is 6.92 Å². The molecule has 17 heavy (non-hydrogen) atoms. The Labute approximate surface area is 96.2 Å². The van der Waals surface area contributed by atoms with Crippen LogP contribution < -0.4 is 5.63 Å². The standard InChI is InChI=1S/C12H10O5/c1-6-5-9(14)17-11-7(6)3-4-8(13)10(11)12(15)16-2/h3-5,13H,1-2H3. The number of fused-ring (bicyclic) bond motifs is 1. The first-order chi connectivity index (χ1) is 8.04. The molecule has 2 aromatic rings. The molecule has 0 saturated heterocycles. The van der Waals surface area contributed by atoms with E-state index in [1.807, 2.05) is 0 Å². The Balaban J connectivity index is 2.94. The predicted molar refractivity (Wildman–Crippen MR) is 60.2 cm³/mol. The summed E-state index contributed by atoms with van der Waals surface area (Å²) >= 11 is 0. The molecule has 88 valence electrons. The van der Waals surface area contributed by atoms with Crippen LogP contribution in [0.25, 0.3) is 11.0 Å². The van der Waals surface area contributed by atoms with E-state index in [-0.39, 0.29) is 16.9 Å². The van der Waals surface area contributed by atoms with Crippen molar-refractivity contribution in [1.29, 1.82) is 0 Å². The lowest BCUT2D eigenvalue weighted by atomic mass is 10.1. The van der Waals surface area contributed by atoms with E-state index in [1.54, 1.807) is 13.0 Å². The zero-order chi connectivity index (χ0) is 12.6. The van der Waals surface area contributed by atoms with Gasteiger partial charge in [-0.05, 0) is 24.6 Å². The molecular weight excluding hydrogens is 224 g/mol. The molecule has 0 saturated carbocycles. The third-order valence-corrected chi connectivity index (χ3v) is 2.49. The Hall–Kier alpha value is -2.30. The highest BCUT2D eigenvalue weighted by Gasteiger charge is 2.19. The predicted octanol–water partition coefficient (Wildman–Crippen LogP) is 1.59. The normalized spacial score (nSPS) is 10.5. The van der Waals surface area contributed by atoms with Crippen molar-refractivity contribution < 1.29 is 19.1 Å². The van der Waals surface area contributed by atoms with Crippen LogP contribution in [0.4, 0.5) is 0 Å². The van der Waals surface area contributed by atoms with E-state index < -0.39 is 11.6 Å². The third kappa shape index (κ3) is 1.75. The van der Waals surface area contributed by atoms with Crippen molar-refractivity contribution in [2.24, 2.45) is 0 Å². The van der Waals surface area contributed by atoms with Gasteiger partial charge in [0.05, 0.1) is 7.11 Å². The van der Waals surface area contributed by atoms with Gasteiger partial charge in [-0.2, -0.15) is 0 Å². The number of ether oxygens (including phenoxy) is 1. The van der Waals surface area contributed by atoms with E-state index in [2.05, 4.69) is 4.74 Å². The molecule has 0 aliphatic carbocycles. The molecule has 0 spiro atoms. The molecule has 1 aromatic carbocycles. The number of aromatic hydroxyl groups is 1.